The van der Waals surface area contributed by atoms with Crippen molar-refractivity contribution in [2.24, 2.45) is 0 Å². The van der Waals surface area contributed by atoms with Crippen LogP contribution in [0.3, 0.4) is 0 Å². The highest BCUT2D eigenvalue weighted by Crippen LogP contribution is 2.22. The summed E-state index contributed by atoms with van der Waals surface area (Å²) >= 11 is 7.51. The SMILES string of the molecule is CN(CC(C)(C)O)C(=O)C=Cc1c(Cl)nc2sccn12. The second-order valence-electron chi connectivity index (χ2n) is 5.18. The first-order chi connectivity index (χ1) is 9.28. The zero-order chi connectivity index (χ0) is 14.9. The highest BCUT2D eigenvalue weighted by atomic mass is 35.5. The Morgan fingerprint density at radius 2 is 2.35 bits per heavy atom. The number of aromatic nitrogens is 2. The number of amides is 1. The van der Waals surface area contributed by atoms with E-state index in [1.54, 1.807) is 27.0 Å². The van der Waals surface area contributed by atoms with Crippen LogP contribution in [0.1, 0.15) is 19.5 Å². The highest BCUT2D eigenvalue weighted by Gasteiger charge is 2.18. The van der Waals surface area contributed by atoms with Gasteiger partial charge >= 0.3 is 0 Å². The van der Waals surface area contributed by atoms with Crippen LogP contribution in [0.4, 0.5) is 0 Å². The zero-order valence-electron chi connectivity index (χ0n) is 11.5. The van der Waals surface area contributed by atoms with Crippen molar-refractivity contribution in [1.82, 2.24) is 14.3 Å². The Bertz CT molecular complexity index is 654. The molecule has 0 spiro atoms. The zero-order valence-corrected chi connectivity index (χ0v) is 13.1. The molecule has 2 heterocycles. The number of rotatable bonds is 4. The van der Waals surface area contributed by atoms with Crippen LogP contribution < -0.4 is 0 Å². The molecule has 20 heavy (non-hydrogen) atoms. The lowest BCUT2D eigenvalue weighted by molar-refractivity contribution is -0.127. The normalized spacial score (nSPS) is 12.4. The number of thiazole rings is 1. The van der Waals surface area contributed by atoms with Gasteiger partial charge in [0.2, 0.25) is 5.91 Å². The molecule has 0 fully saturated rings. The topological polar surface area (TPSA) is 57.8 Å². The molecule has 0 aromatic carbocycles. The number of nitrogens with zero attached hydrogens (tertiary/aromatic N) is 3. The number of carbonyl (C=O) groups excluding carboxylic acids is 1. The summed E-state index contributed by atoms with van der Waals surface area (Å²) in [6, 6.07) is 0. The van der Waals surface area contributed by atoms with Gasteiger partial charge < -0.3 is 10.0 Å². The second-order valence-corrected chi connectivity index (χ2v) is 6.41. The van der Waals surface area contributed by atoms with Crippen molar-refractivity contribution in [3.8, 4) is 0 Å². The smallest absolute Gasteiger partial charge is 0.246 e. The Kier molecular flexibility index (Phi) is 4.17. The van der Waals surface area contributed by atoms with Gasteiger partial charge in [0.15, 0.2) is 10.1 Å². The van der Waals surface area contributed by atoms with E-state index < -0.39 is 5.60 Å². The molecule has 0 atom stereocenters. The van der Waals surface area contributed by atoms with E-state index in [0.717, 1.165) is 4.96 Å². The molecule has 0 saturated carbocycles. The Hall–Kier alpha value is -1.37. The molecule has 5 nitrogen and oxygen atoms in total. The molecule has 0 radical (unpaired) electrons. The van der Waals surface area contributed by atoms with Crippen molar-refractivity contribution in [3.05, 3.63) is 28.5 Å². The average molecular weight is 314 g/mol. The third-order valence-electron chi connectivity index (χ3n) is 2.64. The predicted octanol–water partition coefficient (Wildman–Crippen LogP) is 2.29. The van der Waals surface area contributed by atoms with Gasteiger partial charge in [-0.2, -0.15) is 0 Å². The van der Waals surface area contributed by atoms with E-state index in [0.29, 0.717) is 10.8 Å². The lowest BCUT2D eigenvalue weighted by atomic mass is 10.1. The Morgan fingerprint density at radius 3 is 3.00 bits per heavy atom. The number of fused-ring (bicyclic) bond motifs is 1. The van der Waals surface area contributed by atoms with Gasteiger partial charge in [0.1, 0.15) is 0 Å². The highest BCUT2D eigenvalue weighted by molar-refractivity contribution is 7.15. The number of likely N-dealkylation sites (N-methyl/N-ethyl adjacent to an activating group) is 1. The van der Waals surface area contributed by atoms with E-state index in [-0.39, 0.29) is 12.5 Å². The van der Waals surface area contributed by atoms with Gasteiger partial charge in [-0.15, -0.1) is 11.3 Å². The molecule has 0 aliphatic heterocycles. The third kappa shape index (κ3) is 3.39. The van der Waals surface area contributed by atoms with E-state index in [4.69, 9.17) is 11.6 Å². The summed E-state index contributed by atoms with van der Waals surface area (Å²) in [5.74, 6) is -0.201. The first-order valence-corrected chi connectivity index (χ1v) is 7.30. The fourth-order valence-electron chi connectivity index (χ4n) is 1.86. The van der Waals surface area contributed by atoms with Crippen LogP contribution in [0.5, 0.6) is 0 Å². The molecule has 0 unspecified atom stereocenters. The second kappa shape index (κ2) is 5.55. The fourth-order valence-corrected chi connectivity index (χ4v) is 2.87. The first-order valence-electron chi connectivity index (χ1n) is 6.04. The van der Waals surface area contributed by atoms with Gasteiger partial charge in [0.25, 0.3) is 0 Å². The number of hydrogen-bond acceptors (Lipinski definition) is 4. The van der Waals surface area contributed by atoms with Crippen LogP contribution in [-0.2, 0) is 4.79 Å². The monoisotopic (exact) mass is 313 g/mol. The van der Waals surface area contributed by atoms with Gasteiger partial charge in [0, 0.05) is 31.2 Å². The van der Waals surface area contributed by atoms with Gasteiger partial charge in [-0.25, -0.2) is 4.98 Å². The number of hydrogen-bond donors (Lipinski definition) is 1. The van der Waals surface area contributed by atoms with E-state index in [1.807, 2.05) is 16.0 Å². The van der Waals surface area contributed by atoms with E-state index in [2.05, 4.69) is 4.98 Å². The molecule has 2 rings (SSSR count). The maximum Gasteiger partial charge on any atom is 0.246 e. The standard InChI is InChI=1S/C13H16ClN3O2S/c1-13(2,19)8-16(3)10(18)5-4-9-11(14)15-12-17(9)6-7-20-12/h4-7,19H,8H2,1-3H3. The maximum absolute atomic E-state index is 12.0. The van der Waals surface area contributed by atoms with E-state index in [9.17, 15) is 9.90 Å². The summed E-state index contributed by atoms with van der Waals surface area (Å²) in [5.41, 5.74) is -0.249. The van der Waals surface area contributed by atoms with E-state index in [1.165, 1.54) is 22.3 Å². The van der Waals surface area contributed by atoms with Gasteiger partial charge in [0.05, 0.1) is 11.3 Å². The van der Waals surface area contributed by atoms with Crippen molar-refractivity contribution < 1.29 is 9.90 Å². The quantitative estimate of drug-likeness (QED) is 0.881. The first kappa shape index (κ1) is 15.0. The summed E-state index contributed by atoms with van der Waals surface area (Å²) in [7, 11) is 1.64. The molecule has 1 amide bonds. The molecule has 2 aromatic rings. The van der Waals surface area contributed by atoms with Crippen LogP contribution in [0.2, 0.25) is 5.15 Å². The Balaban J connectivity index is 2.14. The van der Waals surface area contributed by atoms with Crippen molar-refractivity contribution in [2.45, 2.75) is 19.4 Å². The molecular weight excluding hydrogens is 298 g/mol. The van der Waals surface area contributed by atoms with Crippen LogP contribution in [0, 0.1) is 0 Å². The fraction of sp³-hybridized carbons (Fsp3) is 0.385. The minimum absolute atomic E-state index is 0.201. The van der Waals surface area contributed by atoms with Crippen molar-refractivity contribution >= 4 is 39.9 Å². The molecule has 7 heteroatoms. The Morgan fingerprint density at radius 1 is 1.65 bits per heavy atom. The molecule has 0 aliphatic rings. The number of halogens is 1. The van der Waals surface area contributed by atoms with Crippen LogP contribution in [0.15, 0.2) is 17.7 Å². The van der Waals surface area contributed by atoms with Gasteiger partial charge in [-0.3, -0.25) is 9.20 Å². The van der Waals surface area contributed by atoms with Crippen molar-refractivity contribution in [1.29, 1.82) is 0 Å². The minimum atomic E-state index is -0.923. The molecule has 0 aliphatic carbocycles. The summed E-state index contributed by atoms with van der Waals surface area (Å²) in [6.45, 7) is 3.57. The van der Waals surface area contributed by atoms with Gasteiger partial charge in [-0.1, -0.05) is 11.6 Å². The van der Waals surface area contributed by atoms with Gasteiger partial charge in [-0.05, 0) is 19.9 Å². The average Bonchev–Trinajstić information content (AvgIpc) is 2.84. The molecular formula is C13H16ClN3O2S. The lowest BCUT2D eigenvalue weighted by Gasteiger charge is -2.24. The molecule has 0 bridgehead atoms. The largest absolute Gasteiger partial charge is 0.389 e. The van der Waals surface area contributed by atoms with E-state index >= 15 is 0 Å². The van der Waals surface area contributed by atoms with Crippen molar-refractivity contribution in [3.63, 3.8) is 0 Å². The predicted molar refractivity (Wildman–Crippen MR) is 81.0 cm³/mol. The molecule has 1 N–H and O–H groups in total. The number of carbonyl (C=O) groups is 1. The number of aliphatic hydroxyl groups is 1. The molecule has 108 valence electrons. The van der Waals surface area contributed by atoms with Crippen LogP contribution >= 0.6 is 22.9 Å². The number of imidazole rings is 1. The lowest BCUT2D eigenvalue weighted by Crippen LogP contribution is -2.38. The van der Waals surface area contributed by atoms with Crippen molar-refractivity contribution in [2.75, 3.05) is 13.6 Å². The maximum atomic E-state index is 12.0. The summed E-state index contributed by atoms with van der Waals surface area (Å²) < 4.78 is 1.83. The summed E-state index contributed by atoms with van der Waals surface area (Å²) in [5, 5.41) is 12.0. The summed E-state index contributed by atoms with van der Waals surface area (Å²) in [6.07, 6.45) is 4.92. The summed E-state index contributed by atoms with van der Waals surface area (Å²) in [4.78, 5) is 18.4. The Labute approximate surface area is 126 Å². The molecule has 2 aromatic heterocycles. The van der Waals surface area contributed by atoms with Crippen LogP contribution in [0.25, 0.3) is 11.0 Å². The molecule has 0 saturated heterocycles. The minimum Gasteiger partial charge on any atom is -0.389 e. The van der Waals surface area contributed by atoms with Crippen LogP contribution in [-0.4, -0.2) is 44.5 Å². The third-order valence-corrected chi connectivity index (χ3v) is 3.67.